The Morgan fingerprint density at radius 2 is 2.00 bits per heavy atom. The molecular weight excluding hydrogens is 362 g/mol. The Bertz CT molecular complexity index is 964. The molecule has 9 nitrogen and oxygen atoms in total. The molecule has 1 fully saturated rings. The molecule has 2 heterocycles. The molecule has 1 aliphatic rings. The van der Waals surface area contributed by atoms with Crippen molar-refractivity contribution < 1.29 is 24.0 Å². The number of imide groups is 2. The van der Waals surface area contributed by atoms with Gasteiger partial charge in [-0.15, -0.1) is 0 Å². The number of carbonyl (C=O) groups excluding carboxylic acids is 3. The maximum absolute atomic E-state index is 12.7. The first-order valence-electron chi connectivity index (χ1n) is 7.20. The molecule has 10 heteroatoms. The maximum atomic E-state index is 12.7. The van der Waals surface area contributed by atoms with Gasteiger partial charge in [0.2, 0.25) is 0 Å². The van der Waals surface area contributed by atoms with Crippen molar-refractivity contribution in [2.45, 2.75) is 0 Å². The van der Waals surface area contributed by atoms with Crippen LogP contribution in [0.5, 0.6) is 5.75 Å². The van der Waals surface area contributed by atoms with Gasteiger partial charge in [-0.3, -0.25) is 25.0 Å². The number of anilines is 1. The Balaban J connectivity index is 1.99. The second kappa shape index (κ2) is 6.76. The van der Waals surface area contributed by atoms with Crippen LogP contribution in [0, 0.1) is 10.1 Å². The highest BCUT2D eigenvalue weighted by Crippen LogP contribution is 2.28. The molecule has 1 aromatic carbocycles. The molecule has 1 N–H and O–H groups in total. The third-order valence-corrected chi connectivity index (χ3v) is 4.48. The summed E-state index contributed by atoms with van der Waals surface area (Å²) in [6.07, 6.45) is 1.22. The van der Waals surface area contributed by atoms with Gasteiger partial charge in [0.25, 0.3) is 11.8 Å². The van der Waals surface area contributed by atoms with Crippen molar-refractivity contribution in [2.24, 2.45) is 0 Å². The fraction of sp³-hybridized carbons (Fsp3) is 0.0625. The number of barbiturate groups is 1. The van der Waals surface area contributed by atoms with Crippen LogP contribution in [-0.2, 0) is 9.59 Å². The number of nitrogens with zero attached hydrogens (tertiary/aromatic N) is 2. The van der Waals surface area contributed by atoms with Gasteiger partial charge in [0.1, 0.15) is 11.3 Å². The average Bonchev–Trinajstić information content (AvgIpc) is 3.08. The molecule has 1 aliphatic heterocycles. The van der Waals surface area contributed by atoms with Gasteiger partial charge in [-0.05, 0) is 24.3 Å². The highest BCUT2D eigenvalue weighted by Gasteiger charge is 2.37. The summed E-state index contributed by atoms with van der Waals surface area (Å²) in [5.74, 6) is -1.27. The van der Waals surface area contributed by atoms with Gasteiger partial charge < -0.3 is 4.74 Å². The van der Waals surface area contributed by atoms with E-state index in [1.165, 1.54) is 37.5 Å². The zero-order chi connectivity index (χ0) is 18.8. The predicted octanol–water partition coefficient (Wildman–Crippen LogP) is 2.33. The number of thiophene rings is 1. The molecule has 1 aromatic heterocycles. The fourth-order valence-corrected chi connectivity index (χ4v) is 3.07. The fourth-order valence-electron chi connectivity index (χ4n) is 2.30. The summed E-state index contributed by atoms with van der Waals surface area (Å²) < 4.78 is 5.07. The Morgan fingerprint density at radius 1 is 1.23 bits per heavy atom. The molecule has 132 valence electrons. The number of methoxy groups -OCH3 is 1. The number of nitro groups is 1. The summed E-state index contributed by atoms with van der Waals surface area (Å²) >= 11 is 0.811. The lowest BCUT2D eigenvalue weighted by Gasteiger charge is -2.26. The van der Waals surface area contributed by atoms with E-state index < -0.39 is 22.8 Å². The van der Waals surface area contributed by atoms with Crippen LogP contribution in [0.15, 0.2) is 42.0 Å². The van der Waals surface area contributed by atoms with Gasteiger partial charge in [0, 0.05) is 17.0 Å². The predicted molar refractivity (Wildman–Crippen MR) is 93.0 cm³/mol. The molecule has 0 bridgehead atoms. The summed E-state index contributed by atoms with van der Waals surface area (Å²) in [7, 11) is 1.44. The number of amides is 4. The largest absolute Gasteiger partial charge is 0.497 e. The number of hydrogen-bond donors (Lipinski definition) is 1. The minimum absolute atomic E-state index is 0.124. The number of hydrogen-bond acceptors (Lipinski definition) is 7. The Labute approximate surface area is 150 Å². The molecule has 2 aromatic rings. The van der Waals surface area contributed by atoms with E-state index in [1.807, 2.05) is 0 Å². The van der Waals surface area contributed by atoms with Gasteiger partial charge >= 0.3 is 11.0 Å². The first kappa shape index (κ1) is 17.3. The van der Waals surface area contributed by atoms with Crippen LogP contribution < -0.4 is 15.0 Å². The van der Waals surface area contributed by atoms with Crippen LogP contribution in [0.4, 0.5) is 15.5 Å². The molecule has 4 amide bonds. The summed E-state index contributed by atoms with van der Waals surface area (Å²) in [4.78, 5) is 48.2. The van der Waals surface area contributed by atoms with E-state index in [0.717, 1.165) is 16.2 Å². The van der Waals surface area contributed by atoms with Crippen molar-refractivity contribution in [2.75, 3.05) is 12.0 Å². The zero-order valence-corrected chi connectivity index (χ0v) is 14.1. The van der Waals surface area contributed by atoms with Crippen LogP contribution in [0.2, 0.25) is 0 Å². The van der Waals surface area contributed by atoms with E-state index in [4.69, 9.17) is 4.74 Å². The van der Waals surface area contributed by atoms with Gasteiger partial charge in [-0.25, -0.2) is 9.69 Å². The van der Waals surface area contributed by atoms with Crippen molar-refractivity contribution in [3.05, 3.63) is 57.0 Å². The summed E-state index contributed by atoms with van der Waals surface area (Å²) in [5.41, 5.74) is -0.0772. The van der Waals surface area contributed by atoms with Crippen LogP contribution in [0.25, 0.3) is 6.08 Å². The Hall–Kier alpha value is -3.53. The minimum atomic E-state index is -0.887. The van der Waals surface area contributed by atoms with Gasteiger partial charge in [-0.2, -0.15) is 0 Å². The third kappa shape index (κ3) is 3.17. The summed E-state index contributed by atoms with van der Waals surface area (Å²) in [6.45, 7) is 0. The molecule has 0 spiro atoms. The molecule has 0 aliphatic carbocycles. The topological polar surface area (TPSA) is 119 Å². The molecule has 1 saturated heterocycles. The van der Waals surface area contributed by atoms with E-state index in [0.29, 0.717) is 10.6 Å². The Morgan fingerprint density at radius 3 is 2.65 bits per heavy atom. The summed E-state index contributed by atoms with van der Waals surface area (Å²) in [5, 5.41) is 12.7. The van der Waals surface area contributed by atoms with Crippen molar-refractivity contribution >= 4 is 45.9 Å². The molecule has 0 unspecified atom stereocenters. The van der Waals surface area contributed by atoms with Crippen molar-refractivity contribution in [1.29, 1.82) is 0 Å². The van der Waals surface area contributed by atoms with E-state index in [1.54, 1.807) is 12.1 Å². The van der Waals surface area contributed by atoms with E-state index in [2.05, 4.69) is 5.32 Å². The lowest BCUT2D eigenvalue weighted by molar-refractivity contribution is -0.380. The Kier molecular flexibility index (Phi) is 4.50. The van der Waals surface area contributed by atoms with E-state index in [-0.39, 0.29) is 16.3 Å². The van der Waals surface area contributed by atoms with E-state index in [9.17, 15) is 24.5 Å². The van der Waals surface area contributed by atoms with Crippen molar-refractivity contribution in [3.63, 3.8) is 0 Å². The van der Waals surface area contributed by atoms with Crippen LogP contribution >= 0.6 is 11.3 Å². The smallest absolute Gasteiger partial charge is 0.335 e. The van der Waals surface area contributed by atoms with Crippen molar-refractivity contribution in [3.8, 4) is 5.75 Å². The average molecular weight is 373 g/mol. The normalized spacial score (nSPS) is 16.0. The summed E-state index contributed by atoms with van der Waals surface area (Å²) in [6, 6.07) is 8.03. The molecule has 3 rings (SSSR count). The first-order chi connectivity index (χ1) is 12.4. The molecule has 0 saturated carbocycles. The van der Waals surface area contributed by atoms with Gasteiger partial charge in [0.05, 0.1) is 17.7 Å². The van der Waals surface area contributed by atoms with Crippen LogP contribution in [-0.4, -0.2) is 29.9 Å². The second-order valence-electron chi connectivity index (χ2n) is 5.09. The zero-order valence-electron chi connectivity index (χ0n) is 13.3. The molecule has 26 heavy (non-hydrogen) atoms. The second-order valence-corrected chi connectivity index (χ2v) is 6.19. The monoisotopic (exact) mass is 373 g/mol. The first-order valence-corrected chi connectivity index (χ1v) is 8.02. The lowest BCUT2D eigenvalue weighted by atomic mass is 10.1. The minimum Gasteiger partial charge on any atom is -0.497 e. The number of rotatable bonds is 4. The van der Waals surface area contributed by atoms with Crippen molar-refractivity contribution in [1.82, 2.24) is 5.32 Å². The highest BCUT2D eigenvalue weighted by atomic mass is 32.1. The van der Waals surface area contributed by atoms with Crippen LogP contribution in [0.1, 0.15) is 4.88 Å². The maximum Gasteiger partial charge on any atom is 0.335 e. The van der Waals surface area contributed by atoms with Gasteiger partial charge in [-0.1, -0.05) is 17.4 Å². The standard InChI is InChI=1S/C16H11N3O6S/c1-25-10-4-2-3-9(7-10)18-15(21)12(14(20)17-16(18)22)8-11-5-6-13(26-11)19(23)24/h2-8H,1H3,(H,17,20,22). The van der Waals surface area contributed by atoms with Gasteiger partial charge in [0.15, 0.2) is 0 Å². The number of urea groups is 1. The lowest BCUT2D eigenvalue weighted by Crippen LogP contribution is -2.54. The third-order valence-electron chi connectivity index (χ3n) is 3.49. The molecule has 0 radical (unpaired) electrons. The quantitative estimate of drug-likeness (QED) is 0.380. The van der Waals surface area contributed by atoms with E-state index >= 15 is 0 Å². The number of benzene rings is 1. The number of ether oxygens (including phenoxy) is 1. The highest BCUT2D eigenvalue weighted by molar-refractivity contribution is 7.16. The van der Waals surface area contributed by atoms with Crippen LogP contribution in [0.3, 0.4) is 0 Å². The number of carbonyl (C=O) groups is 3. The molecule has 0 atom stereocenters. The number of nitrogens with one attached hydrogen (secondary N) is 1. The SMILES string of the molecule is COc1cccc(N2C(=O)NC(=O)C(=Cc3ccc([N+](=O)[O-])s3)C2=O)c1. The molecular formula is C16H11N3O6S.